The van der Waals surface area contributed by atoms with Crippen LogP contribution in [0.5, 0.6) is 0 Å². The molecule has 0 heterocycles. The first kappa shape index (κ1) is 24.2. The van der Waals surface area contributed by atoms with Crippen molar-refractivity contribution < 1.29 is 4.79 Å². The Bertz CT molecular complexity index is 486. The van der Waals surface area contributed by atoms with Gasteiger partial charge in [0, 0.05) is 12.7 Å². The molecule has 1 amide bonds. The molecule has 0 atom stereocenters. The van der Waals surface area contributed by atoms with E-state index in [1.807, 2.05) is 7.05 Å². The Hall–Kier alpha value is -0.830. The highest BCUT2D eigenvalue weighted by Gasteiger charge is 2.08. The Morgan fingerprint density at radius 1 is 0.778 bits per heavy atom. The predicted molar refractivity (Wildman–Crippen MR) is 123 cm³/mol. The van der Waals surface area contributed by atoms with Gasteiger partial charge in [-0.3, -0.25) is 4.79 Å². The lowest BCUT2D eigenvalue weighted by atomic mass is 10.0. The summed E-state index contributed by atoms with van der Waals surface area (Å²) in [6.07, 6.45) is 19.3. The van der Waals surface area contributed by atoms with Crippen LogP contribution >= 0.6 is 15.9 Å². The van der Waals surface area contributed by atoms with E-state index in [-0.39, 0.29) is 5.91 Å². The molecule has 0 saturated heterocycles. The fourth-order valence-corrected chi connectivity index (χ4v) is 3.84. The topological polar surface area (TPSA) is 20.3 Å². The first-order valence-electron chi connectivity index (χ1n) is 11.1. The molecule has 0 N–H and O–H groups in total. The lowest BCUT2D eigenvalue weighted by Crippen LogP contribution is -2.26. The normalized spacial score (nSPS) is 10.9. The molecule has 154 valence electrons. The second kappa shape index (κ2) is 16.2. The first-order chi connectivity index (χ1) is 13.2. The van der Waals surface area contributed by atoms with Crippen LogP contribution < -0.4 is 4.90 Å². The standard InChI is InChI=1S/C24H40BrNO/c1-3-4-5-6-7-8-9-10-11-12-13-14-15-16-22-17-19-23(20-18-22)26(2)24(27)21-25/h17-20H,3-16,21H2,1-2H3. The molecule has 27 heavy (non-hydrogen) atoms. The molecule has 0 bridgehead atoms. The zero-order chi connectivity index (χ0) is 19.7. The van der Waals surface area contributed by atoms with Gasteiger partial charge < -0.3 is 4.90 Å². The maximum Gasteiger partial charge on any atom is 0.237 e. The van der Waals surface area contributed by atoms with Gasteiger partial charge >= 0.3 is 0 Å². The van der Waals surface area contributed by atoms with Gasteiger partial charge in [-0.2, -0.15) is 0 Å². The molecule has 0 aliphatic rings. The van der Waals surface area contributed by atoms with E-state index in [1.54, 1.807) is 4.90 Å². The number of rotatable bonds is 16. The number of carbonyl (C=O) groups is 1. The zero-order valence-corrected chi connectivity index (χ0v) is 19.2. The molecule has 1 aromatic rings. The molecular weight excluding hydrogens is 398 g/mol. The lowest BCUT2D eigenvalue weighted by molar-refractivity contribution is -0.115. The summed E-state index contributed by atoms with van der Waals surface area (Å²) in [5.41, 5.74) is 2.34. The van der Waals surface area contributed by atoms with Crippen molar-refractivity contribution in [2.75, 3.05) is 17.3 Å². The first-order valence-corrected chi connectivity index (χ1v) is 12.2. The van der Waals surface area contributed by atoms with E-state index in [1.165, 1.54) is 89.0 Å². The summed E-state index contributed by atoms with van der Waals surface area (Å²) < 4.78 is 0. The van der Waals surface area contributed by atoms with E-state index < -0.39 is 0 Å². The fourth-order valence-electron chi connectivity index (χ4n) is 3.47. The summed E-state index contributed by atoms with van der Waals surface area (Å²) in [4.78, 5) is 13.4. The van der Waals surface area contributed by atoms with Gasteiger partial charge in [-0.05, 0) is 30.5 Å². The number of aryl methyl sites for hydroxylation is 1. The Balaban J connectivity index is 1.98. The number of amides is 1. The number of alkyl halides is 1. The van der Waals surface area contributed by atoms with Gasteiger partial charge in [-0.15, -0.1) is 0 Å². The van der Waals surface area contributed by atoms with Crippen molar-refractivity contribution in [1.82, 2.24) is 0 Å². The van der Waals surface area contributed by atoms with Crippen molar-refractivity contribution in [2.45, 2.75) is 96.8 Å². The number of unbranched alkanes of at least 4 members (excludes halogenated alkanes) is 12. The molecule has 0 aromatic heterocycles. The zero-order valence-electron chi connectivity index (χ0n) is 17.6. The van der Waals surface area contributed by atoms with Gasteiger partial charge in [0.15, 0.2) is 0 Å². The number of nitrogens with zero attached hydrogens (tertiary/aromatic N) is 1. The third kappa shape index (κ3) is 11.6. The quantitative estimate of drug-likeness (QED) is 0.191. The van der Waals surface area contributed by atoms with Crippen molar-refractivity contribution in [2.24, 2.45) is 0 Å². The van der Waals surface area contributed by atoms with Crippen LogP contribution in [0.4, 0.5) is 5.69 Å². The van der Waals surface area contributed by atoms with Gasteiger partial charge in [0.2, 0.25) is 5.91 Å². The van der Waals surface area contributed by atoms with Gasteiger partial charge in [0.1, 0.15) is 0 Å². The minimum atomic E-state index is 0.0826. The summed E-state index contributed by atoms with van der Waals surface area (Å²) in [5, 5.41) is 0.365. The summed E-state index contributed by atoms with van der Waals surface area (Å²) in [7, 11) is 1.82. The van der Waals surface area contributed by atoms with Gasteiger partial charge in [0.05, 0.1) is 5.33 Å². The molecule has 3 heteroatoms. The van der Waals surface area contributed by atoms with Gasteiger partial charge in [0.25, 0.3) is 0 Å². The third-order valence-electron chi connectivity index (χ3n) is 5.38. The van der Waals surface area contributed by atoms with Crippen LogP contribution in [0.3, 0.4) is 0 Å². The van der Waals surface area contributed by atoms with Crippen molar-refractivity contribution in [3.8, 4) is 0 Å². The summed E-state index contributed by atoms with van der Waals surface area (Å²) in [6, 6.07) is 8.43. The molecular formula is C24H40BrNO. The second-order valence-corrected chi connectivity index (χ2v) is 8.31. The second-order valence-electron chi connectivity index (χ2n) is 7.75. The Kier molecular flexibility index (Phi) is 14.5. The van der Waals surface area contributed by atoms with E-state index in [0.717, 1.165) is 12.1 Å². The molecule has 0 saturated carbocycles. The highest BCUT2D eigenvalue weighted by molar-refractivity contribution is 9.09. The van der Waals surface area contributed by atoms with Crippen LogP contribution in [-0.4, -0.2) is 18.3 Å². The number of halogens is 1. The molecule has 0 aliphatic carbocycles. The summed E-state index contributed by atoms with van der Waals surface area (Å²) >= 11 is 3.22. The van der Waals surface area contributed by atoms with Crippen LogP contribution in [0.25, 0.3) is 0 Å². The number of hydrogen-bond donors (Lipinski definition) is 0. The maximum absolute atomic E-state index is 11.7. The summed E-state index contributed by atoms with van der Waals surface area (Å²) in [5.74, 6) is 0.0826. The number of anilines is 1. The SMILES string of the molecule is CCCCCCCCCCCCCCCc1ccc(N(C)C(=O)CBr)cc1. The van der Waals surface area contributed by atoms with E-state index in [9.17, 15) is 4.79 Å². The molecule has 0 spiro atoms. The monoisotopic (exact) mass is 437 g/mol. The van der Waals surface area contributed by atoms with Crippen LogP contribution in [0, 0.1) is 0 Å². The van der Waals surface area contributed by atoms with Crippen LogP contribution in [-0.2, 0) is 11.2 Å². The smallest absolute Gasteiger partial charge is 0.237 e. The fraction of sp³-hybridized carbons (Fsp3) is 0.708. The molecule has 0 radical (unpaired) electrons. The van der Waals surface area contributed by atoms with E-state index in [2.05, 4.69) is 47.1 Å². The van der Waals surface area contributed by atoms with Crippen LogP contribution in [0.15, 0.2) is 24.3 Å². The van der Waals surface area contributed by atoms with Crippen molar-refractivity contribution in [3.63, 3.8) is 0 Å². The number of carbonyl (C=O) groups excluding carboxylic acids is 1. The number of hydrogen-bond acceptors (Lipinski definition) is 1. The van der Waals surface area contributed by atoms with Crippen LogP contribution in [0.1, 0.15) is 96.0 Å². The molecule has 0 fully saturated rings. The van der Waals surface area contributed by atoms with E-state index >= 15 is 0 Å². The Morgan fingerprint density at radius 2 is 1.22 bits per heavy atom. The van der Waals surface area contributed by atoms with Gasteiger partial charge in [-0.25, -0.2) is 0 Å². The lowest BCUT2D eigenvalue weighted by Gasteiger charge is -2.16. The summed E-state index contributed by atoms with van der Waals surface area (Å²) in [6.45, 7) is 2.28. The van der Waals surface area contributed by atoms with E-state index in [0.29, 0.717) is 5.33 Å². The molecule has 1 rings (SSSR count). The minimum Gasteiger partial charge on any atom is -0.315 e. The highest BCUT2D eigenvalue weighted by atomic mass is 79.9. The number of benzene rings is 1. The molecule has 2 nitrogen and oxygen atoms in total. The van der Waals surface area contributed by atoms with E-state index in [4.69, 9.17) is 0 Å². The molecule has 0 unspecified atom stereocenters. The van der Waals surface area contributed by atoms with Crippen molar-refractivity contribution in [3.05, 3.63) is 29.8 Å². The molecule has 0 aliphatic heterocycles. The average Bonchev–Trinajstić information content (AvgIpc) is 2.70. The minimum absolute atomic E-state index is 0.0826. The maximum atomic E-state index is 11.7. The van der Waals surface area contributed by atoms with Gasteiger partial charge in [-0.1, -0.05) is 112 Å². The third-order valence-corrected chi connectivity index (χ3v) is 5.86. The Morgan fingerprint density at radius 3 is 1.67 bits per heavy atom. The van der Waals surface area contributed by atoms with Crippen molar-refractivity contribution in [1.29, 1.82) is 0 Å². The van der Waals surface area contributed by atoms with Crippen molar-refractivity contribution >= 4 is 27.5 Å². The van der Waals surface area contributed by atoms with Crippen LogP contribution in [0.2, 0.25) is 0 Å². The average molecular weight is 438 g/mol. The highest BCUT2D eigenvalue weighted by Crippen LogP contribution is 2.17. The Labute approximate surface area is 176 Å². The largest absolute Gasteiger partial charge is 0.315 e. The predicted octanol–water partition coefficient (Wildman–Crippen LogP) is 7.68. The molecule has 1 aromatic carbocycles.